The maximum atomic E-state index is 11.5. The van der Waals surface area contributed by atoms with Crippen molar-refractivity contribution in [2.24, 2.45) is 12.0 Å². The quantitative estimate of drug-likeness (QED) is 0.928. The van der Waals surface area contributed by atoms with E-state index in [-0.39, 0.29) is 11.6 Å². The van der Waals surface area contributed by atoms with Gasteiger partial charge >= 0.3 is 0 Å². The van der Waals surface area contributed by atoms with Gasteiger partial charge in [0, 0.05) is 25.5 Å². The van der Waals surface area contributed by atoms with Crippen LogP contribution < -0.4 is 10.9 Å². The number of hydrogen-bond donors (Lipinski definition) is 1. The first-order chi connectivity index (χ1) is 9.65. The third kappa shape index (κ3) is 3.33. The van der Waals surface area contributed by atoms with Crippen LogP contribution in [0, 0.1) is 0 Å². The van der Waals surface area contributed by atoms with Crippen molar-refractivity contribution in [3.05, 3.63) is 46.0 Å². The van der Waals surface area contributed by atoms with Gasteiger partial charge in [0.25, 0.3) is 0 Å². The highest BCUT2D eigenvalue weighted by atomic mass is 32.2. The van der Waals surface area contributed by atoms with E-state index in [0.717, 1.165) is 30.0 Å². The molecule has 1 aliphatic rings. The summed E-state index contributed by atoms with van der Waals surface area (Å²) in [7, 11) is 1.79. The van der Waals surface area contributed by atoms with E-state index in [0.29, 0.717) is 0 Å². The Labute approximate surface area is 124 Å². The van der Waals surface area contributed by atoms with Gasteiger partial charge in [-0.05, 0) is 36.3 Å². The lowest BCUT2D eigenvalue weighted by Crippen LogP contribution is -2.31. The van der Waals surface area contributed by atoms with Crippen molar-refractivity contribution < 1.29 is 0 Å². The Hall–Kier alpha value is -1.49. The maximum absolute atomic E-state index is 11.5. The van der Waals surface area contributed by atoms with Crippen LogP contribution in [-0.4, -0.2) is 16.0 Å². The third-order valence-corrected chi connectivity index (χ3v) is 4.05. The molecule has 0 fully saturated rings. The van der Waals surface area contributed by atoms with Crippen molar-refractivity contribution >= 4 is 16.9 Å². The fraction of sp³-hybridized carbons (Fsp3) is 0.467. The Morgan fingerprint density at radius 1 is 1.45 bits per heavy atom. The standard InChI is InChI=1S/C15H21N3OS/c1-4-5-6-11-9-16-15(20-3)17-14(11)12-7-8-13(19)18(2)10-12/h7-10,14H,4-6H2,1-3H3,(H,16,17). The Kier molecular flexibility index (Phi) is 5.06. The van der Waals surface area contributed by atoms with E-state index >= 15 is 0 Å². The Morgan fingerprint density at radius 2 is 2.25 bits per heavy atom. The molecule has 1 aromatic heterocycles. The minimum atomic E-state index is 0.0161. The maximum Gasteiger partial charge on any atom is 0.250 e. The molecule has 1 aromatic rings. The molecule has 2 heterocycles. The Bertz CT molecular complexity index is 589. The number of aromatic nitrogens is 1. The first-order valence-electron chi connectivity index (χ1n) is 6.89. The molecule has 0 spiro atoms. The van der Waals surface area contributed by atoms with Crippen LogP contribution in [0.25, 0.3) is 0 Å². The zero-order valence-corrected chi connectivity index (χ0v) is 13.0. The van der Waals surface area contributed by atoms with Crippen LogP contribution in [0.15, 0.2) is 39.9 Å². The van der Waals surface area contributed by atoms with E-state index in [1.165, 1.54) is 5.57 Å². The van der Waals surface area contributed by atoms with Crippen LogP contribution in [0.5, 0.6) is 0 Å². The number of aryl methyl sites for hydroxylation is 1. The van der Waals surface area contributed by atoms with E-state index in [9.17, 15) is 4.79 Å². The van der Waals surface area contributed by atoms with Gasteiger partial charge < -0.3 is 9.88 Å². The van der Waals surface area contributed by atoms with E-state index in [1.807, 2.05) is 24.7 Å². The highest BCUT2D eigenvalue weighted by Crippen LogP contribution is 2.28. The molecule has 0 saturated heterocycles. The molecule has 20 heavy (non-hydrogen) atoms. The number of hydrogen-bond acceptors (Lipinski definition) is 4. The number of rotatable bonds is 4. The van der Waals surface area contributed by atoms with Crippen molar-refractivity contribution in [3.63, 3.8) is 0 Å². The normalized spacial score (nSPS) is 18.2. The molecule has 1 unspecified atom stereocenters. The van der Waals surface area contributed by atoms with Gasteiger partial charge in [0.2, 0.25) is 5.56 Å². The molecule has 1 atom stereocenters. The highest BCUT2D eigenvalue weighted by Gasteiger charge is 2.21. The van der Waals surface area contributed by atoms with E-state index in [1.54, 1.807) is 29.4 Å². The molecule has 5 heteroatoms. The highest BCUT2D eigenvalue weighted by molar-refractivity contribution is 8.13. The zero-order chi connectivity index (χ0) is 14.5. The second-order valence-electron chi connectivity index (χ2n) is 4.93. The SMILES string of the molecule is CCCCC1=CN=C(SC)NC1c1ccc(=O)n(C)c1. The molecule has 4 nitrogen and oxygen atoms in total. The summed E-state index contributed by atoms with van der Waals surface area (Å²) in [6.07, 6.45) is 9.24. The lowest BCUT2D eigenvalue weighted by Gasteiger charge is -2.26. The summed E-state index contributed by atoms with van der Waals surface area (Å²) in [6, 6.07) is 3.65. The molecule has 0 aromatic carbocycles. The zero-order valence-electron chi connectivity index (χ0n) is 12.2. The number of thioether (sulfide) groups is 1. The average molecular weight is 291 g/mol. The smallest absolute Gasteiger partial charge is 0.250 e. The minimum absolute atomic E-state index is 0.0161. The van der Waals surface area contributed by atoms with E-state index in [4.69, 9.17) is 0 Å². The van der Waals surface area contributed by atoms with Gasteiger partial charge in [-0.15, -0.1) is 0 Å². The van der Waals surface area contributed by atoms with Crippen LogP contribution in [-0.2, 0) is 7.05 Å². The molecule has 0 aliphatic carbocycles. The number of unbranched alkanes of at least 4 members (excludes halogenated alkanes) is 1. The second-order valence-corrected chi connectivity index (χ2v) is 5.73. The minimum Gasteiger partial charge on any atom is -0.354 e. The first-order valence-corrected chi connectivity index (χ1v) is 8.12. The van der Waals surface area contributed by atoms with Crippen molar-refractivity contribution in [1.82, 2.24) is 9.88 Å². The molecular formula is C15H21N3OS. The van der Waals surface area contributed by atoms with E-state index in [2.05, 4.69) is 17.2 Å². The largest absolute Gasteiger partial charge is 0.354 e. The van der Waals surface area contributed by atoms with Crippen molar-refractivity contribution in [3.8, 4) is 0 Å². The van der Waals surface area contributed by atoms with Gasteiger partial charge in [-0.25, -0.2) is 4.99 Å². The molecule has 1 aliphatic heterocycles. The van der Waals surface area contributed by atoms with Crippen LogP contribution in [0.2, 0.25) is 0 Å². The summed E-state index contributed by atoms with van der Waals surface area (Å²) < 4.78 is 1.62. The monoisotopic (exact) mass is 291 g/mol. The van der Waals surface area contributed by atoms with Gasteiger partial charge in [0.1, 0.15) is 0 Å². The van der Waals surface area contributed by atoms with Gasteiger partial charge in [-0.3, -0.25) is 4.79 Å². The molecule has 0 saturated carbocycles. The number of aliphatic imine (C=N–C) groups is 1. The lowest BCUT2D eigenvalue weighted by atomic mass is 9.96. The molecule has 108 valence electrons. The fourth-order valence-electron chi connectivity index (χ4n) is 2.25. The molecule has 0 radical (unpaired) electrons. The molecular weight excluding hydrogens is 270 g/mol. The molecule has 2 rings (SSSR count). The average Bonchev–Trinajstić information content (AvgIpc) is 2.48. The number of nitrogens with zero attached hydrogens (tertiary/aromatic N) is 2. The molecule has 1 N–H and O–H groups in total. The number of pyridine rings is 1. The van der Waals surface area contributed by atoms with Crippen molar-refractivity contribution in [2.75, 3.05) is 6.26 Å². The summed E-state index contributed by atoms with van der Waals surface area (Å²) in [5.74, 6) is 0. The summed E-state index contributed by atoms with van der Waals surface area (Å²) in [6.45, 7) is 2.19. The number of nitrogens with one attached hydrogen (secondary N) is 1. The summed E-state index contributed by atoms with van der Waals surface area (Å²) >= 11 is 1.60. The van der Waals surface area contributed by atoms with Crippen molar-refractivity contribution in [2.45, 2.75) is 32.2 Å². The predicted octanol–water partition coefficient (Wildman–Crippen LogP) is 2.82. The number of amidine groups is 1. The van der Waals surface area contributed by atoms with Crippen LogP contribution in [0.4, 0.5) is 0 Å². The summed E-state index contributed by atoms with van der Waals surface area (Å²) in [5, 5.41) is 4.37. The van der Waals surface area contributed by atoms with E-state index < -0.39 is 0 Å². The topological polar surface area (TPSA) is 46.4 Å². The van der Waals surface area contributed by atoms with Gasteiger partial charge in [0.05, 0.1) is 6.04 Å². The fourth-order valence-corrected chi connectivity index (χ4v) is 2.65. The van der Waals surface area contributed by atoms with Crippen LogP contribution >= 0.6 is 11.8 Å². The Balaban J connectivity index is 2.31. The lowest BCUT2D eigenvalue weighted by molar-refractivity contribution is 0.653. The van der Waals surface area contributed by atoms with Gasteiger partial charge in [-0.2, -0.15) is 0 Å². The summed E-state index contributed by atoms with van der Waals surface area (Å²) in [4.78, 5) is 16.0. The summed E-state index contributed by atoms with van der Waals surface area (Å²) in [5.41, 5.74) is 2.40. The first kappa shape index (κ1) is 14.9. The second kappa shape index (κ2) is 6.79. The van der Waals surface area contributed by atoms with Crippen LogP contribution in [0.3, 0.4) is 0 Å². The Morgan fingerprint density at radius 3 is 2.90 bits per heavy atom. The molecule has 0 bridgehead atoms. The predicted molar refractivity (Wildman–Crippen MR) is 86.1 cm³/mol. The molecule has 0 amide bonds. The van der Waals surface area contributed by atoms with Gasteiger partial charge in [0.15, 0.2) is 5.17 Å². The van der Waals surface area contributed by atoms with Gasteiger partial charge in [-0.1, -0.05) is 25.1 Å². The van der Waals surface area contributed by atoms with Crippen molar-refractivity contribution in [1.29, 1.82) is 0 Å². The third-order valence-electron chi connectivity index (χ3n) is 3.44. The van der Waals surface area contributed by atoms with Crippen LogP contribution in [0.1, 0.15) is 37.8 Å².